The highest BCUT2D eigenvalue weighted by atomic mass is 16.5. The fraction of sp³-hybridized carbons (Fsp3) is 0.600. The number of piperazine rings is 1. The van der Waals surface area contributed by atoms with Crippen LogP contribution in [-0.4, -0.2) is 49.4 Å². The van der Waals surface area contributed by atoms with Crippen LogP contribution in [0.15, 0.2) is 24.3 Å². The van der Waals surface area contributed by atoms with Gasteiger partial charge in [0.1, 0.15) is 5.75 Å². The van der Waals surface area contributed by atoms with Crippen LogP contribution < -0.4 is 10.1 Å². The van der Waals surface area contributed by atoms with Gasteiger partial charge in [0.15, 0.2) is 0 Å². The van der Waals surface area contributed by atoms with Crippen molar-refractivity contribution in [2.45, 2.75) is 19.4 Å². The summed E-state index contributed by atoms with van der Waals surface area (Å²) in [5.74, 6) is 0.915. The third kappa shape index (κ3) is 3.93. The first-order valence-electron chi connectivity index (χ1n) is 7.13. The number of nitrogens with one attached hydrogen (secondary N) is 1. The lowest BCUT2D eigenvalue weighted by Crippen LogP contribution is -2.45. The highest BCUT2D eigenvalue weighted by Gasteiger charge is 2.21. The van der Waals surface area contributed by atoms with Gasteiger partial charge in [-0.05, 0) is 31.0 Å². The van der Waals surface area contributed by atoms with Gasteiger partial charge in [-0.3, -0.25) is 4.90 Å². The SMILES string of the molecule is CCOc1cccc([C@H](CCO)N2CCNCC2)c1. The van der Waals surface area contributed by atoms with Gasteiger partial charge in [-0.1, -0.05) is 12.1 Å². The molecule has 0 bridgehead atoms. The lowest BCUT2D eigenvalue weighted by atomic mass is 10.0. The van der Waals surface area contributed by atoms with E-state index in [0.717, 1.165) is 38.3 Å². The van der Waals surface area contributed by atoms with Crippen LogP contribution in [0.4, 0.5) is 0 Å². The van der Waals surface area contributed by atoms with Crippen molar-refractivity contribution in [1.29, 1.82) is 0 Å². The molecule has 0 amide bonds. The summed E-state index contributed by atoms with van der Waals surface area (Å²) < 4.78 is 5.57. The first-order chi connectivity index (χ1) is 9.35. The maximum Gasteiger partial charge on any atom is 0.119 e. The molecule has 0 aliphatic carbocycles. The molecule has 19 heavy (non-hydrogen) atoms. The molecular weight excluding hydrogens is 240 g/mol. The summed E-state index contributed by atoms with van der Waals surface area (Å²) in [7, 11) is 0. The van der Waals surface area contributed by atoms with E-state index in [1.807, 2.05) is 19.1 Å². The van der Waals surface area contributed by atoms with Crippen LogP contribution in [0.5, 0.6) is 5.75 Å². The van der Waals surface area contributed by atoms with Crippen molar-refractivity contribution in [2.24, 2.45) is 0 Å². The molecule has 0 saturated carbocycles. The predicted molar refractivity (Wildman–Crippen MR) is 76.5 cm³/mol. The first-order valence-corrected chi connectivity index (χ1v) is 7.13. The van der Waals surface area contributed by atoms with Crippen molar-refractivity contribution >= 4 is 0 Å². The molecule has 2 rings (SSSR count). The normalized spacial score (nSPS) is 18.2. The van der Waals surface area contributed by atoms with Crippen LogP contribution in [0.2, 0.25) is 0 Å². The standard InChI is InChI=1S/C15H24N2O2/c1-2-19-14-5-3-4-13(12-14)15(6-11-18)17-9-7-16-8-10-17/h3-5,12,15-16,18H,2,6-11H2,1H3/t15-/m0/s1. The molecule has 0 aromatic heterocycles. The Bertz CT molecular complexity index is 378. The van der Waals surface area contributed by atoms with Crippen LogP contribution in [-0.2, 0) is 0 Å². The molecule has 2 N–H and O–H groups in total. The average molecular weight is 264 g/mol. The molecule has 4 nitrogen and oxygen atoms in total. The maximum absolute atomic E-state index is 9.33. The molecule has 106 valence electrons. The van der Waals surface area contributed by atoms with Gasteiger partial charge in [-0.15, -0.1) is 0 Å². The van der Waals surface area contributed by atoms with Crippen molar-refractivity contribution in [3.63, 3.8) is 0 Å². The largest absolute Gasteiger partial charge is 0.494 e. The van der Waals surface area contributed by atoms with E-state index in [1.54, 1.807) is 0 Å². The Morgan fingerprint density at radius 2 is 2.16 bits per heavy atom. The summed E-state index contributed by atoms with van der Waals surface area (Å²) in [4.78, 5) is 2.44. The van der Waals surface area contributed by atoms with Gasteiger partial charge >= 0.3 is 0 Å². The highest BCUT2D eigenvalue weighted by molar-refractivity contribution is 5.30. The second-order valence-electron chi connectivity index (χ2n) is 4.82. The highest BCUT2D eigenvalue weighted by Crippen LogP contribution is 2.27. The number of aliphatic hydroxyl groups is 1. The van der Waals surface area contributed by atoms with Crippen LogP contribution >= 0.6 is 0 Å². The van der Waals surface area contributed by atoms with Crippen LogP contribution in [0.1, 0.15) is 24.9 Å². The Labute approximate surface area is 115 Å². The van der Waals surface area contributed by atoms with E-state index in [0.29, 0.717) is 6.61 Å². The van der Waals surface area contributed by atoms with Crippen molar-refractivity contribution in [3.05, 3.63) is 29.8 Å². The molecule has 4 heteroatoms. The number of aliphatic hydroxyl groups excluding tert-OH is 1. The van der Waals surface area contributed by atoms with E-state index in [4.69, 9.17) is 4.74 Å². The van der Waals surface area contributed by atoms with Crippen molar-refractivity contribution in [1.82, 2.24) is 10.2 Å². The zero-order valence-electron chi connectivity index (χ0n) is 11.6. The molecule has 0 radical (unpaired) electrons. The van der Waals surface area contributed by atoms with Gasteiger partial charge in [0, 0.05) is 38.8 Å². The predicted octanol–water partition coefficient (Wildman–Crippen LogP) is 1.41. The van der Waals surface area contributed by atoms with Crippen molar-refractivity contribution < 1.29 is 9.84 Å². The molecule has 1 aromatic rings. The quantitative estimate of drug-likeness (QED) is 0.815. The second kappa shape index (κ2) is 7.48. The minimum Gasteiger partial charge on any atom is -0.494 e. The Balaban J connectivity index is 2.14. The summed E-state index contributed by atoms with van der Waals surface area (Å²) in [5, 5.41) is 12.7. The number of hydrogen-bond donors (Lipinski definition) is 2. The summed E-state index contributed by atoms with van der Waals surface area (Å²) in [6.45, 7) is 7.00. The minimum absolute atomic E-state index is 0.216. The fourth-order valence-corrected chi connectivity index (χ4v) is 2.65. The molecule has 1 fully saturated rings. The van der Waals surface area contributed by atoms with Crippen molar-refractivity contribution in [3.8, 4) is 5.75 Å². The summed E-state index contributed by atoms with van der Waals surface area (Å²) in [6.07, 6.45) is 0.773. The smallest absolute Gasteiger partial charge is 0.119 e. The maximum atomic E-state index is 9.33. The van der Waals surface area contributed by atoms with Gasteiger partial charge in [-0.25, -0.2) is 0 Å². The average Bonchev–Trinajstić information content (AvgIpc) is 2.46. The van der Waals surface area contributed by atoms with Crippen LogP contribution in [0, 0.1) is 0 Å². The monoisotopic (exact) mass is 264 g/mol. The number of rotatable bonds is 6. The fourth-order valence-electron chi connectivity index (χ4n) is 2.65. The Kier molecular flexibility index (Phi) is 5.63. The summed E-state index contributed by atoms with van der Waals surface area (Å²) >= 11 is 0. The third-order valence-corrected chi connectivity index (χ3v) is 3.55. The summed E-state index contributed by atoms with van der Waals surface area (Å²) in [5.41, 5.74) is 1.24. The zero-order chi connectivity index (χ0) is 13.5. The molecule has 1 aliphatic rings. The molecular formula is C15H24N2O2. The zero-order valence-corrected chi connectivity index (χ0v) is 11.6. The molecule has 1 saturated heterocycles. The van der Waals surface area contributed by atoms with Gasteiger partial charge in [0.2, 0.25) is 0 Å². The van der Waals surface area contributed by atoms with Crippen LogP contribution in [0.25, 0.3) is 0 Å². The van der Waals surface area contributed by atoms with Crippen molar-refractivity contribution in [2.75, 3.05) is 39.4 Å². The minimum atomic E-state index is 0.216. The lowest BCUT2D eigenvalue weighted by molar-refractivity contribution is 0.141. The van der Waals surface area contributed by atoms with E-state index in [2.05, 4.69) is 22.3 Å². The molecule has 1 aliphatic heterocycles. The molecule has 0 unspecified atom stereocenters. The Hall–Kier alpha value is -1.10. The molecule has 1 aromatic carbocycles. The number of ether oxygens (including phenoxy) is 1. The van der Waals surface area contributed by atoms with E-state index in [-0.39, 0.29) is 12.6 Å². The number of hydrogen-bond acceptors (Lipinski definition) is 4. The topological polar surface area (TPSA) is 44.7 Å². The van der Waals surface area contributed by atoms with Gasteiger partial charge in [0.05, 0.1) is 6.61 Å². The van der Waals surface area contributed by atoms with Crippen LogP contribution in [0.3, 0.4) is 0 Å². The van der Waals surface area contributed by atoms with Gasteiger partial charge < -0.3 is 15.2 Å². The first kappa shape index (κ1) is 14.3. The number of benzene rings is 1. The summed E-state index contributed by atoms with van der Waals surface area (Å²) in [6, 6.07) is 8.54. The van der Waals surface area contributed by atoms with E-state index in [1.165, 1.54) is 5.56 Å². The molecule has 1 atom stereocenters. The second-order valence-corrected chi connectivity index (χ2v) is 4.82. The van der Waals surface area contributed by atoms with E-state index < -0.39 is 0 Å². The Morgan fingerprint density at radius 1 is 1.37 bits per heavy atom. The molecule has 0 spiro atoms. The third-order valence-electron chi connectivity index (χ3n) is 3.55. The van der Waals surface area contributed by atoms with Gasteiger partial charge in [-0.2, -0.15) is 0 Å². The van der Waals surface area contributed by atoms with E-state index >= 15 is 0 Å². The Morgan fingerprint density at radius 3 is 2.84 bits per heavy atom. The van der Waals surface area contributed by atoms with E-state index in [9.17, 15) is 5.11 Å². The van der Waals surface area contributed by atoms with Gasteiger partial charge in [0.25, 0.3) is 0 Å². The lowest BCUT2D eigenvalue weighted by Gasteiger charge is -2.35. The number of nitrogens with zero attached hydrogens (tertiary/aromatic N) is 1. The molecule has 1 heterocycles.